The highest BCUT2D eigenvalue weighted by molar-refractivity contribution is 7.99. The fourth-order valence-electron chi connectivity index (χ4n) is 0.790. The number of carbonyl (C=O) groups excluding carboxylic acids is 1. The summed E-state index contributed by atoms with van der Waals surface area (Å²) in [6.45, 7) is 0.180. The van der Waals surface area contributed by atoms with E-state index >= 15 is 0 Å². The molecule has 0 fully saturated rings. The van der Waals surface area contributed by atoms with Gasteiger partial charge in [0.05, 0.1) is 10.8 Å². The Hall–Kier alpha value is -0.870. The zero-order valence-corrected chi connectivity index (χ0v) is 8.21. The second kappa shape index (κ2) is 5.72. The lowest BCUT2D eigenvalue weighted by Gasteiger charge is -1.98. The van der Waals surface area contributed by atoms with Gasteiger partial charge in [0.1, 0.15) is 6.61 Å². The van der Waals surface area contributed by atoms with Crippen LogP contribution in [0.3, 0.4) is 0 Å². The lowest BCUT2D eigenvalue weighted by Crippen LogP contribution is -2.08. The molecule has 0 spiro atoms. The standard InChI is InChI=1S/C9H11NO2S/c1-12-6-8(11)7-13-9-4-2-3-5-10-9/h2-5H,6-7H2,1H3. The summed E-state index contributed by atoms with van der Waals surface area (Å²) in [7, 11) is 1.52. The fourth-order valence-corrected chi connectivity index (χ4v) is 1.49. The first kappa shape index (κ1) is 10.2. The molecule has 0 bridgehead atoms. The molecule has 1 aromatic heterocycles. The molecule has 1 rings (SSSR count). The molecule has 0 aliphatic carbocycles. The van der Waals surface area contributed by atoms with Crippen LogP contribution < -0.4 is 0 Å². The molecule has 1 aromatic rings. The minimum atomic E-state index is 0.0816. The Kier molecular flexibility index (Phi) is 4.49. The van der Waals surface area contributed by atoms with Crippen molar-refractivity contribution >= 4 is 17.5 Å². The fraction of sp³-hybridized carbons (Fsp3) is 0.333. The van der Waals surface area contributed by atoms with E-state index in [4.69, 9.17) is 4.74 Å². The van der Waals surface area contributed by atoms with E-state index in [0.29, 0.717) is 5.75 Å². The van der Waals surface area contributed by atoms with E-state index < -0.39 is 0 Å². The largest absolute Gasteiger partial charge is 0.377 e. The number of rotatable bonds is 5. The molecule has 0 saturated carbocycles. The molecule has 70 valence electrons. The van der Waals surface area contributed by atoms with E-state index in [1.54, 1.807) is 6.20 Å². The monoisotopic (exact) mass is 197 g/mol. The lowest BCUT2D eigenvalue weighted by molar-refractivity contribution is -0.120. The maximum absolute atomic E-state index is 11.0. The zero-order valence-electron chi connectivity index (χ0n) is 7.40. The third-order valence-electron chi connectivity index (χ3n) is 1.32. The summed E-state index contributed by atoms with van der Waals surface area (Å²) in [4.78, 5) is 15.1. The summed E-state index contributed by atoms with van der Waals surface area (Å²) in [5.74, 6) is 0.503. The van der Waals surface area contributed by atoms with E-state index in [1.807, 2.05) is 18.2 Å². The van der Waals surface area contributed by atoms with Crippen LogP contribution in [0.4, 0.5) is 0 Å². The average Bonchev–Trinajstić information content (AvgIpc) is 2.17. The number of pyridine rings is 1. The van der Waals surface area contributed by atoms with Gasteiger partial charge in [-0.05, 0) is 12.1 Å². The van der Waals surface area contributed by atoms with Crippen molar-refractivity contribution in [2.45, 2.75) is 5.03 Å². The maximum atomic E-state index is 11.0. The highest BCUT2D eigenvalue weighted by Crippen LogP contribution is 2.13. The molecule has 0 unspecified atom stereocenters. The molecular formula is C9H11NO2S. The van der Waals surface area contributed by atoms with Gasteiger partial charge in [0.25, 0.3) is 0 Å². The number of ketones is 1. The topological polar surface area (TPSA) is 39.2 Å². The van der Waals surface area contributed by atoms with Gasteiger partial charge in [-0.3, -0.25) is 4.79 Å². The van der Waals surface area contributed by atoms with Crippen molar-refractivity contribution in [2.24, 2.45) is 0 Å². The number of methoxy groups -OCH3 is 1. The van der Waals surface area contributed by atoms with E-state index in [0.717, 1.165) is 5.03 Å². The second-order valence-corrected chi connectivity index (χ2v) is 3.42. The summed E-state index contributed by atoms with van der Waals surface area (Å²) in [6.07, 6.45) is 1.71. The van der Waals surface area contributed by atoms with Crippen molar-refractivity contribution in [1.82, 2.24) is 4.98 Å². The summed E-state index contributed by atoms with van der Waals surface area (Å²) < 4.78 is 4.71. The predicted octanol–water partition coefficient (Wildman–Crippen LogP) is 1.39. The number of carbonyl (C=O) groups is 1. The molecule has 3 nitrogen and oxygen atoms in total. The van der Waals surface area contributed by atoms with E-state index in [2.05, 4.69) is 4.98 Å². The zero-order chi connectivity index (χ0) is 9.52. The Morgan fingerprint density at radius 3 is 3.08 bits per heavy atom. The van der Waals surface area contributed by atoms with Crippen molar-refractivity contribution in [2.75, 3.05) is 19.5 Å². The van der Waals surface area contributed by atoms with Gasteiger partial charge < -0.3 is 4.74 Å². The third-order valence-corrected chi connectivity index (χ3v) is 2.33. The van der Waals surface area contributed by atoms with E-state index in [-0.39, 0.29) is 12.4 Å². The van der Waals surface area contributed by atoms with Gasteiger partial charge in [0.2, 0.25) is 0 Å². The van der Waals surface area contributed by atoms with Crippen molar-refractivity contribution in [1.29, 1.82) is 0 Å². The Bertz CT molecular complexity index is 264. The van der Waals surface area contributed by atoms with Crippen LogP contribution in [-0.2, 0) is 9.53 Å². The van der Waals surface area contributed by atoms with Gasteiger partial charge in [-0.2, -0.15) is 0 Å². The lowest BCUT2D eigenvalue weighted by atomic mass is 10.5. The first-order valence-electron chi connectivity index (χ1n) is 3.87. The molecule has 0 amide bonds. The molecule has 0 atom stereocenters. The van der Waals surface area contributed by atoms with Crippen LogP contribution in [0.2, 0.25) is 0 Å². The van der Waals surface area contributed by atoms with Gasteiger partial charge in [-0.1, -0.05) is 17.8 Å². The summed E-state index contributed by atoms with van der Waals surface area (Å²) in [5.41, 5.74) is 0. The van der Waals surface area contributed by atoms with Crippen LogP contribution in [0.5, 0.6) is 0 Å². The smallest absolute Gasteiger partial charge is 0.168 e. The van der Waals surface area contributed by atoms with Crippen molar-refractivity contribution in [3.8, 4) is 0 Å². The average molecular weight is 197 g/mol. The summed E-state index contributed by atoms with van der Waals surface area (Å²) in [5, 5.41) is 0.868. The maximum Gasteiger partial charge on any atom is 0.168 e. The molecule has 0 aromatic carbocycles. The van der Waals surface area contributed by atoms with Gasteiger partial charge in [0.15, 0.2) is 5.78 Å². The Morgan fingerprint density at radius 2 is 2.46 bits per heavy atom. The van der Waals surface area contributed by atoms with Gasteiger partial charge >= 0.3 is 0 Å². The molecule has 0 saturated heterocycles. The van der Waals surface area contributed by atoms with Crippen molar-refractivity contribution < 1.29 is 9.53 Å². The highest BCUT2D eigenvalue weighted by atomic mass is 32.2. The quantitative estimate of drug-likeness (QED) is 0.669. The number of thioether (sulfide) groups is 1. The van der Waals surface area contributed by atoms with Crippen LogP contribution in [0, 0.1) is 0 Å². The Balaban J connectivity index is 2.31. The van der Waals surface area contributed by atoms with Gasteiger partial charge in [-0.25, -0.2) is 4.98 Å². The van der Waals surface area contributed by atoms with Crippen molar-refractivity contribution in [3.63, 3.8) is 0 Å². The SMILES string of the molecule is COCC(=O)CSc1ccccn1. The highest BCUT2D eigenvalue weighted by Gasteiger charge is 2.02. The molecular weight excluding hydrogens is 186 g/mol. The van der Waals surface area contributed by atoms with Crippen LogP contribution in [0.15, 0.2) is 29.4 Å². The number of hydrogen-bond donors (Lipinski definition) is 0. The predicted molar refractivity (Wildman–Crippen MR) is 51.8 cm³/mol. The molecule has 13 heavy (non-hydrogen) atoms. The van der Waals surface area contributed by atoms with Crippen LogP contribution in [0.1, 0.15) is 0 Å². The normalized spacial score (nSPS) is 9.92. The Morgan fingerprint density at radius 1 is 1.62 bits per heavy atom. The molecule has 0 aliphatic rings. The van der Waals surface area contributed by atoms with Crippen LogP contribution in [-0.4, -0.2) is 30.2 Å². The first-order chi connectivity index (χ1) is 6.33. The van der Waals surface area contributed by atoms with Crippen LogP contribution in [0.25, 0.3) is 0 Å². The summed E-state index contributed by atoms with van der Waals surface area (Å²) in [6, 6.07) is 5.63. The second-order valence-electron chi connectivity index (χ2n) is 2.43. The molecule has 1 heterocycles. The molecule has 4 heteroatoms. The number of Topliss-reactive ketones (excluding diaryl/α,β-unsaturated/α-hetero) is 1. The molecule has 0 aliphatic heterocycles. The van der Waals surface area contributed by atoms with E-state index in [1.165, 1.54) is 18.9 Å². The number of aromatic nitrogens is 1. The molecule has 0 radical (unpaired) electrons. The van der Waals surface area contributed by atoms with E-state index in [9.17, 15) is 4.79 Å². The minimum Gasteiger partial charge on any atom is -0.377 e. The number of nitrogens with zero attached hydrogens (tertiary/aromatic N) is 1. The first-order valence-corrected chi connectivity index (χ1v) is 4.86. The van der Waals surface area contributed by atoms with Crippen LogP contribution >= 0.6 is 11.8 Å². The third kappa shape index (κ3) is 4.05. The summed E-state index contributed by atoms with van der Waals surface area (Å²) >= 11 is 1.43. The number of ether oxygens (including phenoxy) is 1. The van der Waals surface area contributed by atoms with Crippen molar-refractivity contribution in [3.05, 3.63) is 24.4 Å². The molecule has 0 N–H and O–H groups in total. The minimum absolute atomic E-state index is 0.0816. The Labute approximate surface area is 81.5 Å². The number of hydrogen-bond acceptors (Lipinski definition) is 4. The van der Waals surface area contributed by atoms with Gasteiger partial charge in [0, 0.05) is 13.3 Å². The van der Waals surface area contributed by atoms with Gasteiger partial charge in [-0.15, -0.1) is 0 Å².